The average molecular weight is 363 g/mol. The maximum atomic E-state index is 13.1. The SMILES string of the molecule is NC(Cc1ccc(F)c(Br)c1)c1ccc(Br)o1. The van der Waals surface area contributed by atoms with Gasteiger partial charge in [-0.25, -0.2) is 4.39 Å². The molecule has 0 aliphatic carbocycles. The van der Waals surface area contributed by atoms with Gasteiger partial charge in [0.1, 0.15) is 11.6 Å². The van der Waals surface area contributed by atoms with Crippen LogP contribution in [0.4, 0.5) is 4.39 Å². The van der Waals surface area contributed by atoms with E-state index in [0.717, 1.165) is 5.56 Å². The first-order chi connectivity index (χ1) is 8.06. The third-order valence-electron chi connectivity index (χ3n) is 2.40. The quantitative estimate of drug-likeness (QED) is 0.889. The van der Waals surface area contributed by atoms with E-state index >= 15 is 0 Å². The Labute approximate surface area is 115 Å². The molecule has 0 radical (unpaired) electrons. The number of benzene rings is 1. The normalized spacial score (nSPS) is 12.7. The van der Waals surface area contributed by atoms with Crippen molar-refractivity contribution < 1.29 is 8.81 Å². The summed E-state index contributed by atoms with van der Waals surface area (Å²) in [6.45, 7) is 0. The maximum absolute atomic E-state index is 13.1. The summed E-state index contributed by atoms with van der Waals surface area (Å²) in [4.78, 5) is 0. The molecule has 17 heavy (non-hydrogen) atoms. The minimum atomic E-state index is -0.275. The van der Waals surface area contributed by atoms with Gasteiger partial charge in [-0.2, -0.15) is 0 Å². The van der Waals surface area contributed by atoms with E-state index in [4.69, 9.17) is 10.2 Å². The summed E-state index contributed by atoms with van der Waals surface area (Å²) in [6, 6.07) is 8.26. The number of nitrogens with two attached hydrogens (primary N) is 1. The first kappa shape index (κ1) is 12.8. The van der Waals surface area contributed by atoms with E-state index in [9.17, 15) is 4.39 Å². The van der Waals surface area contributed by atoms with Crippen LogP contribution >= 0.6 is 31.9 Å². The molecule has 0 bridgehead atoms. The zero-order valence-corrected chi connectivity index (χ0v) is 12.0. The molecule has 0 aliphatic heterocycles. The summed E-state index contributed by atoms with van der Waals surface area (Å²) in [5.41, 5.74) is 6.96. The van der Waals surface area contributed by atoms with Crippen LogP contribution < -0.4 is 5.73 Å². The van der Waals surface area contributed by atoms with Crippen LogP contribution in [0, 0.1) is 5.82 Å². The highest BCUT2D eigenvalue weighted by Crippen LogP contribution is 2.24. The Hall–Kier alpha value is -0.650. The lowest BCUT2D eigenvalue weighted by Crippen LogP contribution is -2.12. The minimum absolute atomic E-state index is 0.237. The van der Waals surface area contributed by atoms with E-state index < -0.39 is 0 Å². The monoisotopic (exact) mass is 361 g/mol. The molecule has 0 fully saturated rings. The second kappa shape index (κ2) is 5.33. The fourth-order valence-corrected chi connectivity index (χ4v) is 2.29. The fourth-order valence-electron chi connectivity index (χ4n) is 1.55. The van der Waals surface area contributed by atoms with E-state index in [-0.39, 0.29) is 11.9 Å². The van der Waals surface area contributed by atoms with Crippen molar-refractivity contribution in [1.29, 1.82) is 0 Å². The van der Waals surface area contributed by atoms with Gasteiger partial charge in [-0.1, -0.05) is 6.07 Å². The van der Waals surface area contributed by atoms with Crippen LogP contribution in [0.1, 0.15) is 17.4 Å². The summed E-state index contributed by atoms with van der Waals surface area (Å²) in [5, 5.41) is 0. The lowest BCUT2D eigenvalue weighted by Gasteiger charge is -2.09. The molecular formula is C12H10Br2FNO. The molecule has 90 valence electrons. The van der Waals surface area contributed by atoms with E-state index in [1.807, 2.05) is 6.07 Å². The van der Waals surface area contributed by atoms with Crippen LogP contribution in [0.3, 0.4) is 0 Å². The molecule has 0 saturated heterocycles. The van der Waals surface area contributed by atoms with Gasteiger partial charge in [0.2, 0.25) is 0 Å². The molecule has 1 atom stereocenters. The van der Waals surface area contributed by atoms with Crippen LogP contribution in [-0.2, 0) is 6.42 Å². The Balaban J connectivity index is 2.12. The van der Waals surface area contributed by atoms with Crippen molar-refractivity contribution in [2.24, 2.45) is 5.73 Å². The van der Waals surface area contributed by atoms with Crippen LogP contribution in [0.25, 0.3) is 0 Å². The van der Waals surface area contributed by atoms with Gasteiger partial charge >= 0.3 is 0 Å². The molecule has 5 heteroatoms. The van der Waals surface area contributed by atoms with Crippen molar-refractivity contribution in [1.82, 2.24) is 0 Å². The Kier molecular flexibility index (Phi) is 4.01. The predicted molar refractivity (Wildman–Crippen MR) is 71.1 cm³/mol. The number of hydrogen-bond donors (Lipinski definition) is 1. The molecule has 1 unspecified atom stereocenters. The van der Waals surface area contributed by atoms with Crippen LogP contribution in [-0.4, -0.2) is 0 Å². The smallest absolute Gasteiger partial charge is 0.169 e. The molecule has 0 saturated carbocycles. The first-order valence-corrected chi connectivity index (χ1v) is 6.59. The van der Waals surface area contributed by atoms with Gasteiger partial charge in [0.25, 0.3) is 0 Å². The van der Waals surface area contributed by atoms with E-state index in [1.165, 1.54) is 6.07 Å². The fraction of sp³-hybridized carbons (Fsp3) is 0.167. The topological polar surface area (TPSA) is 39.2 Å². The Morgan fingerprint density at radius 3 is 2.59 bits per heavy atom. The summed E-state index contributed by atoms with van der Waals surface area (Å²) < 4.78 is 19.5. The molecular weight excluding hydrogens is 353 g/mol. The van der Waals surface area contributed by atoms with Crippen LogP contribution in [0.5, 0.6) is 0 Å². The average Bonchev–Trinajstić information content (AvgIpc) is 2.70. The van der Waals surface area contributed by atoms with E-state index in [2.05, 4.69) is 31.9 Å². The van der Waals surface area contributed by atoms with Gasteiger partial charge in [-0.05, 0) is 68.1 Å². The van der Waals surface area contributed by atoms with Gasteiger partial charge in [0.15, 0.2) is 4.67 Å². The number of halogens is 3. The first-order valence-electron chi connectivity index (χ1n) is 5.01. The molecule has 0 spiro atoms. The third-order valence-corrected chi connectivity index (χ3v) is 3.43. The molecule has 0 amide bonds. The molecule has 2 N–H and O–H groups in total. The number of hydrogen-bond acceptors (Lipinski definition) is 2. The highest BCUT2D eigenvalue weighted by molar-refractivity contribution is 9.10. The Morgan fingerprint density at radius 2 is 2.00 bits per heavy atom. The van der Waals surface area contributed by atoms with E-state index in [1.54, 1.807) is 18.2 Å². The van der Waals surface area contributed by atoms with Crippen molar-refractivity contribution in [2.45, 2.75) is 12.5 Å². The Morgan fingerprint density at radius 1 is 1.24 bits per heavy atom. The standard InChI is InChI=1S/C12H10Br2FNO/c13-8-5-7(1-2-9(8)15)6-10(16)11-3-4-12(14)17-11/h1-5,10H,6,16H2. The zero-order valence-electron chi connectivity index (χ0n) is 8.79. The number of rotatable bonds is 3. The molecule has 2 nitrogen and oxygen atoms in total. The van der Waals surface area contributed by atoms with Gasteiger partial charge in [0.05, 0.1) is 10.5 Å². The highest BCUT2D eigenvalue weighted by atomic mass is 79.9. The molecule has 2 aromatic rings. The second-order valence-electron chi connectivity index (χ2n) is 3.70. The molecule has 1 aromatic carbocycles. The van der Waals surface area contributed by atoms with Crippen molar-refractivity contribution in [3.63, 3.8) is 0 Å². The maximum Gasteiger partial charge on any atom is 0.169 e. The number of furan rings is 1. The third kappa shape index (κ3) is 3.18. The lowest BCUT2D eigenvalue weighted by atomic mass is 10.0. The molecule has 0 aliphatic rings. The molecule has 2 rings (SSSR count). The van der Waals surface area contributed by atoms with Crippen LogP contribution in [0.2, 0.25) is 0 Å². The largest absolute Gasteiger partial charge is 0.453 e. The Bertz CT molecular complexity index is 527. The predicted octanol–water partition coefficient (Wildman–Crippen LogP) is 4.19. The molecule has 1 aromatic heterocycles. The molecule has 1 heterocycles. The van der Waals surface area contributed by atoms with Crippen molar-refractivity contribution >= 4 is 31.9 Å². The van der Waals surface area contributed by atoms with Crippen molar-refractivity contribution in [3.05, 3.63) is 56.6 Å². The minimum Gasteiger partial charge on any atom is -0.453 e. The van der Waals surface area contributed by atoms with Crippen molar-refractivity contribution in [3.8, 4) is 0 Å². The second-order valence-corrected chi connectivity index (χ2v) is 5.34. The van der Waals surface area contributed by atoms with Crippen molar-refractivity contribution in [2.75, 3.05) is 0 Å². The van der Waals surface area contributed by atoms with Gasteiger partial charge in [-0.15, -0.1) is 0 Å². The highest BCUT2D eigenvalue weighted by Gasteiger charge is 2.12. The summed E-state index contributed by atoms with van der Waals surface area (Å²) in [5.74, 6) is 0.431. The zero-order chi connectivity index (χ0) is 12.4. The van der Waals surface area contributed by atoms with Gasteiger partial charge < -0.3 is 10.2 Å². The van der Waals surface area contributed by atoms with Crippen LogP contribution in [0.15, 0.2) is 43.9 Å². The summed E-state index contributed by atoms with van der Waals surface area (Å²) in [7, 11) is 0. The van der Waals surface area contributed by atoms with E-state index in [0.29, 0.717) is 21.3 Å². The lowest BCUT2D eigenvalue weighted by molar-refractivity contribution is 0.448. The summed E-state index contributed by atoms with van der Waals surface area (Å²) >= 11 is 6.38. The van der Waals surface area contributed by atoms with Gasteiger partial charge in [-0.3, -0.25) is 0 Å². The summed E-state index contributed by atoms with van der Waals surface area (Å²) in [6.07, 6.45) is 0.596. The van der Waals surface area contributed by atoms with Gasteiger partial charge in [0, 0.05) is 0 Å².